The Balaban J connectivity index is 1.69. The molecule has 1 aromatic heterocycles. The van der Waals surface area contributed by atoms with Gasteiger partial charge in [-0.3, -0.25) is 9.69 Å². The van der Waals surface area contributed by atoms with Gasteiger partial charge in [0.15, 0.2) is 5.75 Å². The molecule has 4 rings (SSSR count). The third kappa shape index (κ3) is 1.97. The van der Waals surface area contributed by atoms with Gasteiger partial charge in [0.05, 0.1) is 24.9 Å². The fourth-order valence-electron chi connectivity index (χ4n) is 3.39. The van der Waals surface area contributed by atoms with Crippen molar-refractivity contribution >= 4 is 0 Å². The average molecular weight is 298 g/mol. The van der Waals surface area contributed by atoms with E-state index in [0.29, 0.717) is 19.8 Å². The SMILES string of the molecule is O=c1cc2n(cc1O)CCN(C1(c3ccccc3)COC1)C2. The van der Waals surface area contributed by atoms with Crippen molar-refractivity contribution in [2.24, 2.45) is 0 Å². The molecule has 0 bridgehead atoms. The van der Waals surface area contributed by atoms with E-state index in [1.807, 2.05) is 10.6 Å². The number of aromatic hydroxyl groups is 1. The molecule has 5 nitrogen and oxygen atoms in total. The standard InChI is InChI=1S/C17H18N2O3/c20-15-8-14-9-19(7-6-18(14)10-16(15)21)17(11-22-12-17)13-4-2-1-3-5-13/h1-5,8,10,21H,6-7,9,11-12H2. The van der Waals surface area contributed by atoms with Crippen LogP contribution in [0, 0.1) is 0 Å². The van der Waals surface area contributed by atoms with E-state index in [0.717, 1.165) is 18.8 Å². The number of rotatable bonds is 2. The topological polar surface area (TPSA) is 54.7 Å². The van der Waals surface area contributed by atoms with Crippen LogP contribution in [-0.2, 0) is 23.4 Å². The minimum Gasteiger partial charge on any atom is -0.503 e. The Morgan fingerprint density at radius 3 is 2.59 bits per heavy atom. The number of ether oxygens (including phenoxy) is 1. The highest BCUT2D eigenvalue weighted by molar-refractivity contribution is 5.29. The summed E-state index contributed by atoms with van der Waals surface area (Å²) in [7, 11) is 0. The highest BCUT2D eigenvalue weighted by Gasteiger charge is 2.46. The predicted molar refractivity (Wildman–Crippen MR) is 81.7 cm³/mol. The molecular weight excluding hydrogens is 280 g/mol. The average Bonchev–Trinajstić information content (AvgIpc) is 2.49. The van der Waals surface area contributed by atoms with Gasteiger partial charge in [-0.05, 0) is 5.56 Å². The Bertz CT molecular complexity index is 750. The van der Waals surface area contributed by atoms with Crippen LogP contribution >= 0.6 is 0 Å². The van der Waals surface area contributed by atoms with Crippen LogP contribution < -0.4 is 5.43 Å². The smallest absolute Gasteiger partial charge is 0.223 e. The van der Waals surface area contributed by atoms with Crippen LogP contribution in [-0.4, -0.2) is 34.3 Å². The predicted octanol–water partition coefficient (Wildman–Crippen LogP) is 1.30. The Morgan fingerprint density at radius 2 is 1.91 bits per heavy atom. The van der Waals surface area contributed by atoms with E-state index in [1.54, 1.807) is 12.3 Å². The molecule has 2 aliphatic rings. The van der Waals surface area contributed by atoms with Gasteiger partial charge in [-0.15, -0.1) is 0 Å². The third-order valence-corrected chi connectivity index (χ3v) is 4.76. The molecule has 3 heterocycles. The van der Waals surface area contributed by atoms with Crippen LogP contribution in [0.25, 0.3) is 0 Å². The molecule has 1 fully saturated rings. The number of benzene rings is 1. The van der Waals surface area contributed by atoms with Crippen molar-refractivity contribution in [3.8, 4) is 5.75 Å². The molecule has 114 valence electrons. The number of pyridine rings is 1. The number of aromatic nitrogens is 1. The number of nitrogens with zero attached hydrogens (tertiary/aromatic N) is 2. The van der Waals surface area contributed by atoms with Gasteiger partial charge in [0.2, 0.25) is 5.43 Å². The molecule has 0 atom stereocenters. The maximum absolute atomic E-state index is 11.7. The number of fused-ring (bicyclic) bond motifs is 1. The third-order valence-electron chi connectivity index (χ3n) is 4.76. The number of hydrogen-bond donors (Lipinski definition) is 1. The van der Waals surface area contributed by atoms with Crippen LogP contribution in [0.15, 0.2) is 47.4 Å². The minimum atomic E-state index is -0.313. The van der Waals surface area contributed by atoms with E-state index in [4.69, 9.17) is 4.74 Å². The van der Waals surface area contributed by atoms with Gasteiger partial charge >= 0.3 is 0 Å². The summed E-state index contributed by atoms with van der Waals surface area (Å²) in [5, 5.41) is 9.57. The van der Waals surface area contributed by atoms with Gasteiger partial charge in [-0.2, -0.15) is 0 Å². The molecule has 22 heavy (non-hydrogen) atoms. The van der Waals surface area contributed by atoms with Crippen molar-refractivity contribution in [3.05, 3.63) is 64.1 Å². The Morgan fingerprint density at radius 1 is 1.14 bits per heavy atom. The van der Waals surface area contributed by atoms with Crippen LogP contribution in [0.5, 0.6) is 5.75 Å². The van der Waals surface area contributed by atoms with Crippen molar-refractivity contribution in [2.75, 3.05) is 19.8 Å². The summed E-state index contributed by atoms with van der Waals surface area (Å²) in [4.78, 5) is 14.1. The quantitative estimate of drug-likeness (QED) is 0.908. The van der Waals surface area contributed by atoms with Crippen LogP contribution in [0.3, 0.4) is 0 Å². The molecule has 0 aliphatic carbocycles. The van der Waals surface area contributed by atoms with Crippen LogP contribution in [0.1, 0.15) is 11.3 Å². The second kappa shape index (κ2) is 4.97. The first kappa shape index (κ1) is 13.5. The van der Waals surface area contributed by atoms with Crippen molar-refractivity contribution in [2.45, 2.75) is 18.6 Å². The van der Waals surface area contributed by atoms with Crippen LogP contribution in [0.2, 0.25) is 0 Å². The molecule has 1 saturated heterocycles. The van der Waals surface area contributed by atoms with E-state index >= 15 is 0 Å². The van der Waals surface area contributed by atoms with Gasteiger partial charge < -0.3 is 14.4 Å². The molecule has 5 heteroatoms. The lowest BCUT2D eigenvalue weighted by Gasteiger charge is -2.51. The van der Waals surface area contributed by atoms with E-state index in [9.17, 15) is 9.90 Å². The first-order valence-electron chi connectivity index (χ1n) is 7.50. The fourth-order valence-corrected chi connectivity index (χ4v) is 3.39. The first-order valence-corrected chi connectivity index (χ1v) is 7.50. The summed E-state index contributed by atoms with van der Waals surface area (Å²) in [5.74, 6) is -0.179. The van der Waals surface area contributed by atoms with Gasteiger partial charge in [0.1, 0.15) is 0 Å². The molecule has 0 radical (unpaired) electrons. The molecule has 0 spiro atoms. The van der Waals surface area contributed by atoms with Crippen molar-refractivity contribution in [1.29, 1.82) is 0 Å². The summed E-state index contributed by atoms with van der Waals surface area (Å²) in [5.41, 5.74) is 1.79. The fraction of sp³-hybridized carbons (Fsp3) is 0.353. The molecule has 0 amide bonds. The Kier molecular flexibility index (Phi) is 3.06. The van der Waals surface area contributed by atoms with Crippen molar-refractivity contribution < 1.29 is 9.84 Å². The molecule has 2 aliphatic heterocycles. The lowest BCUT2D eigenvalue weighted by atomic mass is 9.85. The molecule has 1 N–H and O–H groups in total. The van der Waals surface area contributed by atoms with Crippen molar-refractivity contribution in [3.63, 3.8) is 0 Å². The zero-order chi connectivity index (χ0) is 15.2. The molecule has 1 aromatic carbocycles. The lowest BCUT2D eigenvalue weighted by Crippen LogP contribution is -2.61. The van der Waals surface area contributed by atoms with Gasteiger partial charge in [-0.1, -0.05) is 30.3 Å². The van der Waals surface area contributed by atoms with E-state index in [2.05, 4.69) is 29.2 Å². The Hall–Kier alpha value is -2.11. The highest BCUT2D eigenvalue weighted by atomic mass is 16.5. The maximum Gasteiger partial charge on any atom is 0.223 e. The number of hydrogen-bond acceptors (Lipinski definition) is 4. The summed E-state index contributed by atoms with van der Waals surface area (Å²) in [6, 6.07) is 11.9. The largest absolute Gasteiger partial charge is 0.503 e. The Labute approximate surface area is 128 Å². The normalized spacial score (nSPS) is 20.2. The summed E-state index contributed by atoms with van der Waals surface area (Å²) >= 11 is 0. The summed E-state index contributed by atoms with van der Waals surface area (Å²) < 4.78 is 7.49. The van der Waals surface area contributed by atoms with E-state index < -0.39 is 0 Å². The second-order valence-electron chi connectivity index (χ2n) is 6.02. The lowest BCUT2D eigenvalue weighted by molar-refractivity contribution is -0.154. The van der Waals surface area contributed by atoms with Gasteiger partial charge in [0, 0.05) is 31.4 Å². The monoisotopic (exact) mass is 298 g/mol. The molecule has 2 aromatic rings. The van der Waals surface area contributed by atoms with E-state index in [1.165, 1.54) is 5.56 Å². The maximum atomic E-state index is 11.7. The van der Waals surface area contributed by atoms with Crippen LogP contribution in [0.4, 0.5) is 0 Å². The van der Waals surface area contributed by atoms with Gasteiger partial charge in [0.25, 0.3) is 0 Å². The molecular formula is C17H18N2O3. The molecule has 0 unspecified atom stereocenters. The van der Waals surface area contributed by atoms with Gasteiger partial charge in [-0.25, -0.2) is 0 Å². The van der Waals surface area contributed by atoms with Crippen molar-refractivity contribution in [1.82, 2.24) is 9.47 Å². The highest BCUT2D eigenvalue weighted by Crippen LogP contribution is 2.38. The summed E-state index contributed by atoms with van der Waals surface area (Å²) in [6.45, 7) is 3.68. The first-order chi connectivity index (χ1) is 10.7. The van der Waals surface area contributed by atoms with E-state index in [-0.39, 0.29) is 16.7 Å². The second-order valence-corrected chi connectivity index (χ2v) is 6.02. The zero-order valence-electron chi connectivity index (χ0n) is 12.2. The minimum absolute atomic E-state index is 0.0968. The molecule has 0 saturated carbocycles. The summed E-state index contributed by atoms with van der Waals surface area (Å²) in [6.07, 6.45) is 1.54. The zero-order valence-corrected chi connectivity index (χ0v) is 12.2.